The van der Waals surface area contributed by atoms with Gasteiger partial charge in [0.2, 0.25) is 5.91 Å². The minimum atomic E-state index is -0.420. The van der Waals surface area contributed by atoms with Crippen LogP contribution in [0.15, 0.2) is 54.6 Å². The van der Waals surface area contributed by atoms with E-state index in [9.17, 15) is 9.59 Å². The number of ether oxygens (including phenoxy) is 2. The summed E-state index contributed by atoms with van der Waals surface area (Å²) in [6, 6.07) is 16.3. The zero-order valence-electron chi connectivity index (χ0n) is 13.8. The highest BCUT2D eigenvalue weighted by atomic mass is 16.5. The van der Waals surface area contributed by atoms with Gasteiger partial charge in [-0.1, -0.05) is 42.5 Å². The largest absolute Gasteiger partial charge is 0.497 e. The zero-order chi connectivity index (χ0) is 17.4. The molecule has 0 heterocycles. The Balaban J connectivity index is 2.07. The molecule has 2 aromatic carbocycles. The maximum atomic E-state index is 12.4. The zero-order valence-corrected chi connectivity index (χ0v) is 13.8. The number of hydrogen-bond acceptors (Lipinski definition) is 4. The topological polar surface area (TPSA) is 64.6 Å². The van der Waals surface area contributed by atoms with Crippen LogP contribution in [0.5, 0.6) is 5.75 Å². The average Bonchev–Trinajstić information content (AvgIpc) is 2.61. The van der Waals surface area contributed by atoms with Crippen LogP contribution in [0.4, 0.5) is 0 Å². The third kappa shape index (κ3) is 5.12. The second-order valence-electron chi connectivity index (χ2n) is 5.34. The smallest absolute Gasteiger partial charge is 0.307 e. The molecule has 1 atom stereocenters. The monoisotopic (exact) mass is 327 g/mol. The molecule has 0 aliphatic heterocycles. The molecule has 0 bridgehead atoms. The normalized spacial score (nSPS) is 11.4. The summed E-state index contributed by atoms with van der Waals surface area (Å²) in [6.45, 7) is 0. The lowest BCUT2D eigenvalue weighted by Gasteiger charge is -2.18. The summed E-state index contributed by atoms with van der Waals surface area (Å²) >= 11 is 0. The number of carbonyl (C=O) groups is 2. The molecule has 2 rings (SSSR count). The number of amides is 1. The molecule has 0 radical (unpaired) electrons. The molecular weight excluding hydrogens is 306 g/mol. The highest BCUT2D eigenvalue weighted by molar-refractivity contribution is 5.80. The lowest BCUT2D eigenvalue weighted by atomic mass is 10.0. The van der Waals surface area contributed by atoms with Crippen LogP contribution in [-0.2, 0) is 20.7 Å². The first-order valence-electron chi connectivity index (χ1n) is 7.66. The number of rotatable bonds is 7. The molecule has 0 saturated heterocycles. The third-order valence-corrected chi connectivity index (χ3v) is 3.63. The van der Waals surface area contributed by atoms with Gasteiger partial charge in [0, 0.05) is 0 Å². The number of carbonyl (C=O) groups excluding carboxylic acids is 2. The van der Waals surface area contributed by atoms with Crippen LogP contribution in [0.3, 0.4) is 0 Å². The molecule has 0 fully saturated rings. The summed E-state index contributed by atoms with van der Waals surface area (Å²) < 4.78 is 9.89. The molecule has 0 aromatic heterocycles. The Hall–Kier alpha value is -2.82. The van der Waals surface area contributed by atoms with E-state index in [0.29, 0.717) is 5.75 Å². The summed E-state index contributed by atoms with van der Waals surface area (Å²) in [5.41, 5.74) is 1.71. The van der Waals surface area contributed by atoms with E-state index in [0.717, 1.165) is 11.1 Å². The fourth-order valence-corrected chi connectivity index (χ4v) is 2.40. The maximum Gasteiger partial charge on any atom is 0.307 e. The van der Waals surface area contributed by atoms with Gasteiger partial charge >= 0.3 is 5.97 Å². The number of nitrogens with one attached hydrogen (secondary N) is 1. The standard InChI is InChI=1S/C19H21NO4/c1-23-16-10-6-7-14(11-16)12-18(21)20-17(13-19(22)24-2)15-8-4-3-5-9-15/h3-11,17H,12-13H2,1-2H3,(H,20,21). The molecule has 24 heavy (non-hydrogen) atoms. The van der Waals surface area contributed by atoms with Crippen LogP contribution in [0.25, 0.3) is 0 Å². The predicted octanol–water partition coefficient (Wildman–Crippen LogP) is 2.66. The van der Waals surface area contributed by atoms with Gasteiger partial charge in [0.05, 0.1) is 33.1 Å². The fourth-order valence-electron chi connectivity index (χ4n) is 2.40. The molecule has 1 N–H and O–H groups in total. The quantitative estimate of drug-likeness (QED) is 0.794. The summed E-state index contributed by atoms with van der Waals surface area (Å²) in [7, 11) is 2.92. The van der Waals surface area contributed by atoms with Crippen molar-refractivity contribution in [2.24, 2.45) is 0 Å². The van der Waals surface area contributed by atoms with Crippen LogP contribution in [0.2, 0.25) is 0 Å². The Bertz CT molecular complexity index is 685. The molecular formula is C19H21NO4. The van der Waals surface area contributed by atoms with Crippen molar-refractivity contribution in [3.8, 4) is 5.75 Å². The highest BCUT2D eigenvalue weighted by Gasteiger charge is 2.19. The van der Waals surface area contributed by atoms with Gasteiger partial charge in [-0.05, 0) is 23.3 Å². The van der Waals surface area contributed by atoms with Crippen LogP contribution in [-0.4, -0.2) is 26.1 Å². The van der Waals surface area contributed by atoms with Crippen molar-refractivity contribution in [3.63, 3.8) is 0 Å². The first kappa shape index (κ1) is 17.5. The second-order valence-corrected chi connectivity index (χ2v) is 5.34. The van der Waals surface area contributed by atoms with Crippen molar-refractivity contribution in [2.45, 2.75) is 18.9 Å². The molecule has 2 aromatic rings. The van der Waals surface area contributed by atoms with Gasteiger partial charge < -0.3 is 14.8 Å². The summed E-state index contributed by atoms with van der Waals surface area (Å²) in [5.74, 6) is 0.168. The van der Waals surface area contributed by atoms with Gasteiger partial charge in [0.25, 0.3) is 0 Å². The van der Waals surface area contributed by atoms with E-state index < -0.39 is 6.04 Å². The van der Waals surface area contributed by atoms with E-state index in [1.54, 1.807) is 7.11 Å². The van der Waals surface area contributed by atoms with Crippen molar-refractivity contribution in [3.05, 3.63) is 65.7 Å². The van der Waals surface area contributed by atoms with Crippen molar-refractivity contribution < 1.29 is 19.1 Å². The number of esters is 1. The molecule has 0 aliphatic rings. The van der Waals surface area contributed by atoms with Crippen molar-refractivity contribution >= 4 is 11.9 Å². The number of benzene rings is 2. The van der Waals surface area contributed by atoms with E-state index in [2.05, 4.69) is 5.32 Å². The Morgan fingerprint density at radius 1 is 1.04 bits per heavy atom. The van der Waals surface area contributed by atoms with Crippen LogP contribution in [0, 0.1) is 0 Å². The fraction of sp³-hybridized carbons (Fsp3) is 0.263. The maximum absolute atomic E-state index is 12.4. The molecule has 0 spiro atoms. The first-order chi connectivity index (χ1) is 11.6. The van der Waals surface area contributed by atoms with Crippen molar-refractivity contribution in [2.75, 3.05) is 14.2 Å². The first-order valence-corrected chi connectivity index (χ1v) is 7.66. The van der Waals surface area contributed by atoms with Gasteiger partial charge in [0.1, 0.15) is 5.75 Å². The van der Waals surface area contributed by atoms with Crippen LogP contribution in [0.1, 0.15) is 23.6 Å². The molecule has 5 nitrogen and oxygen atoms in total. The summed E-state index contributed by atoms with van der Waals surface area (Å²) in [4.78, 5) is 24.0. The van der Waals surface area contributed by atoms with E-state index >= 15 is 0 Å². The Kier molecular flexibility index (Phi) is 6.37. The molecule has 0 aliphatic carbocycles. The van der Waals surface area contributed by atoms with Crippen LogP contribution >= 0.6 is 0 Å². The van der Waals surface area contributed by atoms with Crippen LogP contribution < -0.4 is 10.1 Å². The molecule has 0 saturated carbocycles. The van der Waals surface area contributed by atoms with Crippen molar-refractivity contribution in [1.82, 2.24) is 5.32 Å². The lowest BCUT2D eigenvalue weighted by molar-refractivity contribution is -0.141. The minimum Gasteiger partial charge on any atom is -0.497 e. The van der Waals surface area contributed by atoms with Gasteiger partial charge in [-0.25, -0.2) is 0 Å². The second kappa shape index (κ2) is 8.72. The van der Waals surface area contributed by atoms with E-state index in [-0.39, 0.29) is 24.7 Å². The average molecular weight is 327 g/mol. The Morgan fingerprint density at radius 3 is 2.46 bits per heavy atom. The van der Waals surface area contributed by atoms with Gasteiger partial charge in [-0.2, -0.15) is 0 Å². The van der Waals surface area contributed by atoms with Crippen molar-refractivity contribution in [1.29, 1.82) is 0 Å². The van der Waals surface area contributed by atoms with Gasteiger partial charge in [-0.15, -0.1) is 0 Å². The molecule has 1 amide bonds. The minimum absolute atomic E-state index is 0.0877. The third-order valence-electron chi connectivity index (χ3n) is 3.63. The van der Waals surface area contributed by atoms with E-state index in [1.165, 1.54) is 7.11 Å². The Morgan fingerprint density at radius 2 is 1.79 bits per heavy atom. The highest BCUT2D eigenvalue weighted by Crippen LogP contribution is 2.18. The predicted molar refractivity (Wildman–Crippen MR) is 90.7 cm³/mol. The van der Waals surface area contributed by atoms with E-state index in [1.807, 2.05) is 54.6 Å². The van der Waals surface area contributed by atoms with Gasteiger partial charge in [0.15, 0.2) is 0 Å². The SMILES string of the molecule is COC(=O)CC(NC(=O)Cc1cccc(OC)c1)c1ccccc1. The molecule has 126 valence electrons. The van der Waals surface area contributed by atoms with E-state index in [4.69, 9.17) is 9.47 Å². The number of hydrogen-bond donors (Lipinski definition) is 1. The molecule has 5 heteroatoms. The number of methoxy groups -OCH3 is 2. The summed E-state index contributed by atoms with van der Waals surface area (Å²) in [6.07, 6.45) is 0.298. The Labute approximate surface area is 141 Å². The molecule has 1 unspecified atom stereocenters. The van der Waals surface area contributed by atoms with Gasteiger partial charge in [-0.3, -0.25) is 9.59 Å². The lowest BCUT2D eigenvalue weighted by Crippen LogP contribution is -2.31. The summed E-state index contributed by atoms with van der Waals surface area (Å²) in [5, 5.41) is 2.90.